The van der Waals surface area contributed by atoms with Crippen LogP contribution in [0.15, 0.2) is 24.3 Å². The number of carbonyl (C=O) groups excluding carboxylic acids is 2. The summed E-state index contributed by atoms with van der Waals surface area (Å²) in [7, 11) is 1.29. The van der Waals surface area contributed by atoms with E-state index in [1.165, 1.54) is 7.11 Å². The predicted molar refractivity (Wildman–Crippen MR) is 95.8 cm³/mol. The topological polar surface area (TPSA) is 67.9 Å². The molecule has 0 radical (unpaired) electrons. The molecule has 0 saturated carbocycles. The van der Waals surface area contributed by atoms with Gasteiger partial charge in [0, 0.05) is 19.6 Å². The maximum absolute atomic E-state index is 12.7. The van der Waals surface area contributed by atoms with Crippen LogP contribution < -0.4 is 10.1 Å². The third-order valence-electron chi connectivity index (χ3n) is 4.90. The maximum Gasteiger partial charge on any atom is 0.406 e. The predicted octanol–water partition coefficient (Wildman–Crippen LogP) is 3.38. The molecule has 1 heterocycles. The number of hydrogen-bond acceptors (Lipinski definition) is 4. The Morgan fingerprint density at radius 3 is 2.37 bits per heavy atom. The number of carbonyl (C=O) groups is 2. The number of ether oxygens (including phenoxy) is 2. The molecule has 1 unspecified atom stereocenters. The number of nitrogens with zero attached hydrogens (tertiary/aromatic N) is 1. The normalized spacial score (nSPS) is 16.1. The van der Waals surface area contributed by atoms with Gasteiger partial charge in [0.05, 0.1) is 13.0 Å². The lowest BCUT2D eigenvalue weighted by Crippen LogP contribution is -2.44. The summed E-state index contributed by atoms with van der Waals surface area (Å²) in [6.07, 6.45) is 1.71. The Bertz CT molecular complexity index is 617. The quantitative estimate of drug-likeness (QED) is 0.783. The van der Waals surface area contributed by atoms with Crippen molar-refractivity contribution in [2.75, 3.05) is 26.7 Å². The van der Waals surface area contributed by atoms with E-state index in [1.54, 1.807) is 24.3 Å². The van der Waals surface area contributed by atoms with E-state index < -0.39 is 12.7 Å². The summed E-state index contributed by atoms with van der Waals surface area (Å²) < 4.78 is 33.3. The summed E-state index contributed by atoms with van der Waals surface area (Å²) in [5, 5.41) is 2.58. The van der Waals surface area contributed by atoms with Crippen LogP contribution in [0.5, 0.6) is 5.75 Å². The second-order valence-corrected chi connectivity index (χ2v) is 6.52. The van der Waals surface area contributed by atoms with Crippen molar-refractivity contribution in [2.24, 2.45) is 5.92 Å². The van der Waals surface area contributed by atoms with Crippen molar-refractivity contribution in [3.8, 4) is 5.75 Å². The van der Waals surface area contributed by atoms with Crippen LogP contribution in [0.25, 0.3) is 0 Å². The number of rotatable bonds is 7. The molecule has 0 aromatic heterocycles. The van der Waals surface area contributed by atoms with Gasteiger partial charge in [-0.05, 0) is 42.9 Å². The molecule has 0 spiro atoms. The standard InChI is InChI=1S/C19H26F2N2O4/c1-3-13(12-22-19(25)26-2)17(24)23-10-8-15(9-11-23)14-4-6-16(7-5-14)27-18(20)21/h4-7,13,15,18H,3,8-12H2,1-2H3,(H,22,25). The second-order valence-electron chi connectivity index (χ2n) is 6.52. The van der Waals surface area contributed by atoms with E-state index in [4.69, 9.17) is 0 Å². The van der Waals surface area contributed by atoms with Gasteiger partial charge < -0.3 is 19.7 Å². The highest BCUT2D eigenvalue weighted by atomic mass is 19.3. The summed E-state index contributed by atoms with van der Waals surface area (Å²) >= 11 is 0. The summed E-state index contributed by atoms with van der Waals surface area (Å²) in [4.78, 5) is 25.7. The molecule has 1 aromatic rings. The zero-order valence-electron chi connectivity index (χ0n) is 15.6. The van der Waals surface area contributed by atoms with Crippen LogP contribution in [0.3, 0.4) is 0 Å². The summed E-state index contributed by atoms with van der Waals surface area (Å²) in [5.41, 5.74) is 1.06. The van der Waals surface area contributed by atoms with Crippen LogP contribution in [0.2, 0.25) is 0 Å². The van der Waals surface area contributed by atoms with Gasteiger partial charge in [0.25, 0.3) is 0 Å². The van der Waals surface area contributed by atoms with Crippen molar-refractivity contribution < 1.29 is 27.8 Å². The van der Waals surface area contributed by atoms with Gasteiger partial charge >= 0.3 is 12.7 Å². The first-order valence-electron chi connectivity index (χ1n) is 9.10. The number of likely N-dealkylation sites (tertiary alicyclic amines) is 1. The number of halogens is 2. The smallest absolute Gasteiger partial charge is 0.406 e. The molecular formula is C19H26F2N2O4. The SMILES string of the molecule is CCC(CNC(=O)OC)C(=O)N1CCC(c2ccc(OC(F)F)cc2)CC1. The number of nitrogens with one attached hydrogen (secondary N) is 1. The number of hydrogen-bond donors (Lipinski definition) is 1. The number of methoxy groups -OCH3 is 1. The fourth-order valence-corrected chi connectivity index (χ4v) is 3.30. The van der Waals surface area contributed by atoms with Gasteiger partial charge in [-0.1, -0.05) is 19.1 Å². The summed E-state index contributed by atoms with van der Waals surface area (Å²) in [6, 6.07) is 6.69. The molecule has 0 aliphatic carbocycles. The number of piperidine rings is 1. The molecule has 2 amide bonds. The molecule has 1 fully saturated rings. The first-order valence-corrected chi connectivity index (χ1v) is 9.10. The Balaban J connectivity index is 1.86. The zero-order chi connectivity index (χ0) is 19.8. The largest absolute Gasteiger partial charge is 0.453 e. The van der Waals surface area contributed by atoms with Crippen molar-refractivity contribution >= 4 is 12.0 Å². The Morgan fingerprint density at radius 1 is 1.22 bits per heavy atom. The van der Waals surface area contributed by atoms with Crippen molar-refractivity contribution in [1.29, 1.82) is 0 Å². The van der Waals surface area contributed by atoms with Gasteiger partial charge in [0.2, 0.25) is 5.91 Å². The maximum atomic E-state index is 12.7. The average molecular weight is 384 g/mol. The van der Waals surface area contributed by atoms with Crippen LogP contribution >= 0.6 is 0 Å². The molecule has 150 valence electrons. The van der Waals surface area contributed by atoms with Gasteiger partial charge in [0.15, 0.2) is 0 Å². The average Bonchev–Trinajstić information content (AvgIpc) is 2.68. The van der Waals surface area contributed by atoms with Gasteiger partial charge in [0.1, 0.15) is 5.75 Å². The molecule has 1 aliphatic heterocycles. The molecule has 6 nitrogen and oxygen atoms in total. The van der Waals surface area contributed by atoms with Crippen molar-refractivity contribution in [3.05, 3.63) is 29.8 Å². The van der Waals surface area contributed by atoms with E-state index in [2.05, 4.69) is 14.8 Å². The fraction of sp³-hybridized carbons (Fsp3) is 0.579. The molecular weight excluding hydrogens is 358 g/mol. The lowest BCUT2D eigenvalue weighted by Gasteiger charge is -2.34. The Morgan fingerprint density at radius 2 is 1.85 bits per heavy atom. The van der Waals surface area contributed by atoms with Crippen LogP contribution in [-0.2, 0) is 9.53 Å². The Labute approximate surface area is 157 Å². The molecule has 1 saturated heterocycles. The van der Waals surface area contributed by atoms with E-state index in [1.807, 2.05) is 11.8 Å². The molecule has 27 heavy (non-hydrogen) atoms. The van der Waals surface area contributed by atoms with Gasteiger partial charge in [-0.15, -0.1) is 0 Å². The molecule has 1 aliphatic rings. The van der Waals surface area contributed by atoms with Crippen LogP contribution in [0.4, 0.5) is 13.6 Å². The minimum Gasteiger partial charge on any atom is -0.453 e. The fourth-order valence-electron chi connectivity index (χ4n) is 3.30. The summed E-state index contributed by atoms with van der Waals surface area (Å²) in [6.45, 7) is 0.608. The highest BCUT2D eigenvalue weighted by Crippen LogP contribution is 2.30. The molecule has 1 N–H and O–H groups in total. The Hall–Kier alpha value is -2.38. The van der Waals surface area contributed by atoms with Crippen molar-refractivity contribution in [3.63, 3.8) is 0 Å². The second kappa shape index (κ2) is 10.1. The van der Waals surface area contributed by atoms with Crippen LogP contribution in [-0.4, -0.2) is 50.3 Å². The van der Waals surface area contributed by atoms with E-state index in [0.29, 0.717) is 19.5 Å². The summed E-state index contributed by atoms with van der Waals surface area (Å²) in [5.74, 6) is 0.188. The van der Waals surface area contributed by atoms with Crippen LogP contribution in [0.1, 0.15) is 37.7 Å². The monoisotopic (exact) mass is 384 g/mol. The lowest BCUT2D eigenvalue weighted by molar-refractivity contribution is -0.136. The first kappa shape index (κ1) is 20.9. The van der Waals surface area contributed by atoms with E-state index in [9.17, 15) is 18.4 Å². The van der Waals surface area contributed by atoms with Gasteiger partial charge in [-0.25, -0.2) is 4.79 Å². The first-order chi connectivity index (χ1) is 12.9. The van der Waals surface area contributed by atoms with E-state index in [-0.39, 0.29) is 30.0 Å². The third kappa shape index (κ3) is 6.08. The molecule has 0 bridgehead atoms. The number of alkyl carbamates (subject to hydrolysis) is 1. The molecule has 1 aromatic carbocycles. The number of amides is 2. The van der Waals surface area contributed by atoms with E-state index >= 15 is 0 Å². The lowest BCUT2D eigenvalue weighted by atomic mass is 9.89. The van der Waals surface area contributed by atoms with Gasteiger partial charge in [-0.2, -0.15) is 8.78 Å². The number of benzene rings is 1. The molecule has 2 rings (SSSR count). The highest BCUT2D eigenvalue weighted by molar-refractivity contribution is 5.80. The Kier molecular flexibility index (Phi) is 7.82. The molecule has 8 heteroatoms. The minimum atomic E-state index is -2.83. The highest BCUT2D eigenvalue weighted by Gasteiger charge is 2.28. The van der Waals surface area contributed by atoms with E-state index in [0.717, 1.165) is 18.4 Å². The zero-order valence-corrected chi connectivity index (χ0v) is 15.6. The van der Waals surface area contributed by atoms with Crippen molar-refractivity contribution in [1.82, 2.24) is 10.2 Å². The molecule has 1 atom stereocenters. The third-order valence-corrected chi connectivity index (χ3v) is 4.90. The van der Waals surface area contributed by atoms with Crippen molar-refractivity contribution in [2.45, 2.75) is 38.7 Å². The minimum absolute atomic E-state index is 0.0352. The van der Waals surface area contributed by atoms with Crippen LogP contribution in [0, 0.1) is 5.92 Å². The number of alkyl halides is 2. The van der Waals surface area contributed by atoms with Gasteiger partial charge in [-0.3, -0.25) is 4.79 Å².